The fourth-order valence-electron chi connectivity index (χ4n) is 1.07. The van der Waals surface area contributed by atoms with Crippen molar-refractivity contribution < 1.29 is 9.53 Å². The van der Waals surface area contributed by atoms with E-state index in [-0.39, 0.29) is 0 Å². The van der Waals surface area contributed by atoms with Gasteiger partial charge >= 0.3 is 0 Å². The number of amides is 1. The fourth-order valence-corrected chi connectivity index (χ4v) is 1.07. The van der Waals surface area contributed by atoms with Gasteiger partial charge in [-0.2, -0.15) is 4.98 Å². The van der Waals surface area contributed by atoms with Gasteiger partial charge in [0.15, 0.2) is 5.82 Å². The van der Waals surface area contributed by atoms with Crippen molar-refractivity contribution in [3.63, 3.8) is 0 Å². The summed E-state index contributed by atoms with van der Waals surface area (Å²) in [6, 6.07) is 0. The number of nitrogens with one attached hydrogen (secondary N) is 1. The molecule has 0 bridgehead atoms. The fraction of sp³-hybridized carbons (Fsp3) is 0.500. The molecule has 1 rings (SSSR count). The van der Waals surface area contributed by atoms with Crippen LogP contribution < -0.4 is 21.5 Å². The number of anilines is 2. The number of hydrogen-bond acceptors (Lipinski definition) is 6. The van der Waals surface area contributed by atoms with Crippen molar-refractivity contribution in [2.45, 2.75) is 13.8 Å². The second-order valence-electron chi connectivity index (χ2n) is 4.25. The molecule has 0 saturated carbocycles. The number of primary amides is 1. The average molecular weight is 239 g/mol. The standard InChI is InChI=1S/C10H17N5O2/c1-10(2,9(12)16)4-13-7-6(11)8(17-3)15-5-14-7/h5H,4,11H2,1-3H3,(H2,12,16)(H,13,14,15). The van der Waals surface area contributed by atoms with Gasteiger partial charge in [0.2, 0.25) is 11.8 Å². The monoisotopic (exact) mass is 239 g/mol. The van der Waals surface area contributed by atoms with E-state index >= 15 is 0 Å². The molecule has 1 aromatic rings. The van der Waals surface area contributed by atoms with Crippen molar-refractivity contribution >= 4 is 17.4 Å². The van der Waals surface area contributed by atoms with Gasteiger partial charge in [0.25, 0.3) is 0 Å². The number of methoxy groups -OCH3 is 1. The van der Waals surface area contributed by atoms with Crippen LogP contribution in [0, 0.1) is 5.41 Å². The Balaban J connectivity index is 2.80. The molecule has 0 saturated heterocycles. The molecule has 1 heterocycles. The zero-order valence-electron chi connectivity index (χ0n) is 10.2. The van der Waals surface area contributed by atoms with Gasteiger partial charge in [0.1, 0.15) is 12.0 Å². The molecular formula is C10H17N5O2. The highest BCUT2D eigenvalue weighted by molar-refractivity contribution is 5.80. The Morgan fingerprint density at radius 2 is 2.18 bits per heavy atom. The number of nitrogens with zero attached hydrogens (tertiary/aromatic N) is 2. The Hall–Kier alpha value is -2.05. The van der Waals surface area contributed by atoms with Gasteiger partial charge in [-0.1, -0.05) is 0 Å². The zero-order valence-corrected chi connectivity index (χ0v) is 10.2. The van der Waals surface area contributed by atoms with Crippen molar-refractivity contribution in [3.8, 4) is 5.88 Å². The first-order valence-electron chi connectivity index (χ1n) is 5.06. The molecule has 5 N–H and O–H groups in total. The Morgan fingerprint density at radius 3 is 2.71 bits per heavy atom. The minimum absolute atomic E-state index is 0.291. The Morgan fingerprint density at radius 1 is 1.53 bits per heavy atom. The summed E-state index contributed by atoms with van der Waals surface area (Å²) < 4.78 is 4.96. The molecule has 0 radical (unpaired) electrons. The third-order valence-electron chi connectivity index (χ3n) is 2.41. The van der Waals surface area contributed by atoms with Crippen LogP contribution in [0.3, 0.4) is 0 Å². The van der Waals surface area contributed by atoms with E-state index < -0.39 is 11.3 Å². The average Bonchev–Trinajstić information content (AvgIpc) is 2.27. The van der Waals surface area contributed by atoms with Gasteiger partial charge in [0.05, 0.1) is 12.5 Å². The third-order valence-corrected chi connectivity index (χ3v) is 2.41. The summed E-state index contributed by atoms with van der Waals surface area (Å²) in [7, 11) is 1.47. The SMILES string of the molecule is COc1ncnc(NCC(C)(C)C(N)=O)c1N. The Bertz CT molecular complexity index is 419. The van der Waals surface area contributed by atoms with E-state index in [2.05, 4.69) is 15.3 Å². The number of nitrogen functional groups attached to an aromatic ring is 1. The lowest BCUT2D eigenvalue weighted by Crippen LogP contribution is -2.37. The molecule has 7 nitrogen and oxygen atoms in total. The molecule has 1 amide bonds. The lowest BCUT2D eigenvalue weighted by atomic mass is 9.93. The highest BCUT2D eigenvalue weighted by Crippen LogP contribution is 2.25. The van der Waals surface area contributed by atoms with E-state index in [0.29, 0.717) is 23.9 Å². The van der Waals surface area contributed by atoms with Gasteiger partial charge in [0, 0.05) is 6.54 Å². The van der Waals surface area contributed by atoms with Crippen LogP contribution in [0.2, 0.25) is 0 Å². The summed E-state index contributed by atoms with van der Waals surface area (Å²) in [5.74, 6) is 0.315. The van der Waals surface area contributed by atoms with Crippen LogP contribution in [0.4, 0.5) is 11.5 Å². The van der Waals surface area contributed by atoms with Gasteiger partial charge in [-0.05, 0) is 13.8 Å². The number of nitrogens with two attached hydrogens (primary N) is 2. The lowest BCUT2D eigenvalue weighted by molar-refractivity contribution is -0.125. The van der Waals surface area contributed by atoms with E-state index in [1.54, 1.807) is 13.8 Å². The van der Waals surface area contributed by atoms with Crippen LogP contribution in [0.5, 0.6) is 5.88 Å². The van der Waals surface area contributed by atoms with Gasteiger partial charge in [-0.25, -0.2) is 4.98 Å². The normalized spacial score (nSPS) is 11.0. The zero-order chi connectivity index (χ0) is 13.1. The van der Waals surface area contributed by atoms with Crippen molar-refractivity contribution in [1.82, 2.24) is 9.97 Å². The molecule has 0 aliphatic rings. The quantitative estimate of drug-likeness (QED) is 0.665. The van der Waals surface area contributed by atoms with Crippen LogP contribution in [-0.2, 0) is 4.79 Å². The molecule has 94 valence electrons. The van der Waals surface area contributed by atoms with Crippen molar-refractivity contribution in [2.24, 2.45) is 11.1 Å². The Kier molecular flexibility index (Phi) is 3.72. The van der Waals surface area contributed by atoms with Crippen molar-refractivity contribution in [3.05, 3.63) is 6.33 Å². The summed E-state index contributed by atoms with van der Waals surface area (Å²) >= 11 is 0. The third kappa shape index (κ3) is 2.96. The largest absolute Gasteiger partial charge is 0.479 e. The summed E-state index contributed by atoms with van der Waals surface area (Å²) in [5, 5.41) is 2.95. The van der Waals surface area contributed by atoms with Crippen molar-refractivity contribution in [1.29, 1.82) is 0 Å². The first-order valence-corrected chi connectivity index (χ1v) is 5.06. The highest BCUT2D eigenvalue weighted by atomic mass is 16.5. The van der Waals surface area contributed by atoms with Gasteiger partial charge in [-0.3, -0.25) is 4.79 Å². The summed E-state index contributed by atoms with van der Waals surface area (Å²) in [6.07, 6.45) is 1.33. The molecule has 1 aromatic heterocycles. The number of hydrogen-bond donors (Lipinski definition) is 3. The smallest absolute Gasteiger partial charge is 0.242 e. The maximum atomic E-state index is 11.1. The van der Waals surface area contributed by atoms with E-state index in [1.165, 1.54) is 13.4 Å². The lowest BCUT2D eigenvalue weighted by Gasteiger charge is -2.21. The van der Waals surface area contributed by atoms with Crippen LogP contribution in [0.25, 0.3) is 0 Å². The molecule has 0 aliphatic carbocycles. The highest BCUT2D eigenvalue weighted by Gasteiger charge is 2.25. The molecule has 0 unspecified atom stereocenters. The second-order valence-corrected chi connectivity index (χ2v) is 4.25. The first kappa shape index (κ1) is 13.0. The molecule has 7 heteroatoms. The van der Waals surface area contributed by atoms with Gasteiger partial charge < -0.3 is 21.5 Å². The summed E-state index contributed by atoms with van der Waals surface area (Å²) in [6.45, 7) is 3.79. The molecule has 0 aliphatic heterocycles. The topological polar surface area (TPSA) is 116 Å². The minimum atomic E-state index is -0.690. The second kappa shape index (κ2) is 4.86. The van der Waals surface area contributed by atoms with Gasteiger partial charge in [-0.15, -0.1) is 0 Å². The number of rotatable bonds is 5. The van der Waals surface area contributed by atoms with Crippen LogP contribution in [0.15, 0.2) is 6.33 Å². The number of carbonyl (C=O) groups excluding carboxylic acids is 1. The minimum Gasteiger partial charge on any atom is -0.479 e. The van der Waals surface area contributed by atoms with E-state index in [9.17, 15) is 4.79 Å². The van der Waals surface area contributed by atoms with E-state index in [1.807, 2.05) is 0 Å². The number of carbonyl (C=O) groups is 1. The molecule has 0 atom stereocenters. The predicted molar refractivity (Wildman–Crippen MR) is 64.5 cm³/mol. The van der Waals surface area contributed by atoms with E-state index in [4.69, 9.17) is 16.2 Å². The molecule has 0 fully saturated rings. The Labute approximate surface area is 99.6 Å². The maximum Gasteiger partial charge on any atom is 0.242 e. The summed E-state index contributed by atoms with van der Waals surface area (Å²) in [5.41, 5.74) is 10.6. The first-order chi connectivity index (χ1) is 7.88. The molecule has 0 spiro atoms. The van der Waals surface area contributed by atoms with Crippen LogP contribution in [-0.4, -0.2) is 29.5 Å². The molecular weight excluding hydrogens is 222 g/mol. The molecule has 17 heavy (non-hydrogen) atoms. The van der Waals surface area contributed by atoms with Crippen LogP contribution >= 0.6 is 0 Å². The van der Waals surface area contributed by atoms with Crippen LogP contribution in [0.1, 0.15) is 13.8 Å². The number of ether oxygens (including phenoxy) is 1. The number of aromatic nitrogens is 2. The summed E-state index contributed by atoms with van der Waals surface area (Å²) in [4.78, 5) is 19.0. The van der Waals surface area contributed by atoms with E-state index in [0.717, 1.165) is 0 Å². The van der Waals surface area contributed by atoms with Crippen molar-refractivity contribution in [2.75, 3.05) is 24.7 Å². The molecule has 0 aromatic carbocycles. The predicted octanol–water partition coefficient (Wildman–Crippen LogP) is -0.00920. The maximum absolute atomic E-state index is 11.1.